The molecule has 0 saturated carbocycles. The summed E-state index contributed by atoms with van der Waals surface area (Å²) in [6.45, 7) is 6.08. The van der Waals surface area contributed by atoms with Crippen LogP contribution in [0.3, 0.4) is 0 Å². The SMILES string of the molecule is COc1cccc(F)c1CN1CCC[C@@H](c2nnc(-c3ccc4[nH]nc(-c5ccc6nccn6c5)c4c3)o2)C1.COc1cccc(F)c1CN1CCC[C@@H](c2nnc(-c3ccc4[nH]nc(-c5ccnc(C)c5)c4c3)o2)C1. The van der Waals surface area contributed by atoms with Gasteiger partial charge in [0.2, 0.25) is 23.6 Å². The van der Waals surface area contributed by atoms with Gasteiger partial charge in [-0.1, -0.05) is 12.1 Å². The van der Waals surface area contributed by atoms with Gasteiger partial charge in [-0.2, -0.15) is 10.2 Å². The van der Waals surface area contributed by atoms with Crippen LogP contribution in [0.25, 0.3) is 72.9 Å². The Kier molecular flexibility index (Phi) is 13.3. The summed E-state index contributed by atoms with van der Waals surface area (Å²) in [4.78, 5) is 13.0. The van der Waals surface area contributed by atoms with Gasteiger partial charge >= 0.3 is 0 Å². The summed E-state index contributed by atoms with van der Waals surface area (Å²) in [5.41, 5.74) is 10.1. The number of imidazole rings is 1. The molecule has 2 aliphatic rings. The van der Waals surface area contributed by atoms with E-state index in [9.17, 15) is 8.78 Å². The number of piperidine rings is 2. The van der Waals surface area contributed by atoms with Crippen LogP contribution in [-0.4, -0.2) is 105 Å². The van der Waals surface area contributed by atoms with Crippen LogP contribution in [0.5, 0.6) is 11.5 Å². The van der Waals surface area contributed by atoms with E-state index in [1.54, 1.807) is 50.9 Å². The zero-order chi connectivity index (χ0) is 51.7. The minimum Gasteiger partial charge on any atom is -0.496 e. The molecule has 7 aromatic heterocycles. The number of likely N-dealkylation sites (tertiary alicyclic amines) is 2. The van der Waals surface area contributed by atoms with E-state index in [1.807, 2.05) is 84.4 Å². The minimum atomic E-state index is -0.254. The summed E-state index contributed by atoms with van der Waals surface area (Å²) in [7, 11) is 3.14. The molecule has 2 aliphatic heterocycles. The maximum Gasteiger partial charge on any atom is 0.247 e. The van der Waals surface area contributed by atoms with Crippen LogP contribution >= 0.6 is 0 Å². The summed E-state index contributed by atoms with van der Waals surface area (Å²) in [5, 5.41) is 34.8. The quantitative estimate of drug-likeness (QED) is 0.117. The van der Waals surface area contributed by atoms with Gasteiger partial charge in [-0.05, 0) is 131 Å². The minimum absolute atomic E-state index is 0.0768. The smallest absolute Gasteiger partial charge is 0.247 e. The molecule has 17 nitrogen and oxygen atoms in total. The van der Waals surface area contributed by atoms with Crippen molar-refractivity contribution in [2.45, 2.75) is 57.5 Å². The van der Waals surface area contributed by atoms with Crippen LogP contribution < -0.4 is 9.47 Å². The second kappa shape index (κ2) is 20.9. The van der Waals surface area contributed by atoms with Crippen molar-refractivity contribution in [2.75, 3.05) is 40.4 Å². The number of aromatic amines is 2. The van der Waals surface area contributed by atoms with Crippen LogP contribution in [0.2, 0.25) is 0 Å². The number of aryl methyl sites for hydroxylation is 1. The summed E-state index contributed by atoms with van der Waals surface area (Å²) < 4.78 is 54.1. The second-order valence-electron chi connectivity index (χ2n) is 19.3. The van der Waals surface area contributed by atoms with E-state index in [0.29, 0.717) is 72.4 Å². The van der Waals surface area contributed by atoms with Crippen molar-refractivity contribution in [1.29, 1.82) is 0 Å². The van der Waals surface area contributed by atoms with Crippen molar-refractivity contribution in [2.24, 2.45) is 0 Å². The Hall–Kier alpha value is -8.68. The predicted molar refractivity (Wildman–Crippen MR) is 281 cm³/mol. The molecule has 0 spiro atoms. The molecule has 2 saturated heterocycles. The van der Waals surface area contributed by atoms with Crippen molar-refractivity contribution in [3.8, 4) is 56.9 Å². The number of hydrogen-bond donors (Lipinski definition) is 2. The summed E-state index contributed by atoms with van der Waals surface area (Å²) in [6, 6.07) is 29.7. The molecule has 2 atom stereocenters. The van der Waals surface area contributed by atoms with Gasteiger partial charge in [0.1, 0.15) is 40.2 Å². The number of nitrogens with zero attached hydrogens (tertiary/aromatic N) is 11. The van der Waals surface area contributed by atoms with Gasteiger partial charge in [0, 0.05) is 101 Å². The molecule has 11 aromatic rings. The maximum atomic E-state index is 14.5. The zero-order valence-corrected chi connectivity index (χ0v) is 42.1. The standard InChI is InChI=1S/C29H26FN7O2.C28H27FN6O2/c1-38-25-6-2-5-23(30)22(25)17-36-12-3-4-20(15-36)29-35-34-28(39-29)18-7-9-24-21(14-18)27(33-32-24)19-8-10-26-31-11-13-37(26)16-19;1-17-13-18(10-11-30-17)26-21-14-19(8-9-24(21)31-32-26)27-33-34-28(37-27)20-5-4-12-35(15-20)16-22-23(29)6-3-7-25(22)36-2/h2,5-11,13-14,16,20H,3-4,12,15,17H2,1H3,(H,32,33);3,6-11,13-14,20H,4-5,12,15-16H2,1-2H3,(H,31,32)/t2*20-/m11/s1. The van der Waals surface area contributed by atoms with Gasteiger partial charge in [0.15, 0.2) is 0 Å². The fourth-order valence-electron chi connectivity index (χ4n) is 10.5. The van der Waals surface area contributed by atoms with Crippen molar-refractivity contribution < 1.29 is 27.1 Å². The van der Waals surface area contributed by atoms with Crippen molar-refractivity contribution in [1.82, 2.24) is 65.0 Å². The van der Waals surface area contributed by atoms with Crippen molar-refractivity contribution in [3.05, 3.63) is 162 Å². The summed E-state index contributed by atoms with van der Waals surface area (Å²) >= 11 is 0. The Morgan fingerprint density at radius 1 is 0.605 bits per heavy atom. The van der Waals surface area contributed by atoms with E-state index in [4.69, 9.17) is 18.3 Å². The number of methoxy groups -OCH3 is 2. The lowest BCUT2D eigenvalue weighted by atomic mass is 9.97. The number of ether oxygens (including phenoxy) is 2. The average molecular weight is 1020 g/mol. The van der Waals surface area contributed by atoms with Gasteiger partial charge in [-0.3, -0.25) is 25.0 Å². The normalized spacial score (nSPS) is 16.3. The fraction of sp³-hybridized carbons (Fsp3) is 0.263. The van der Waals surface area contributed by atoms with Crippen molar-refractivity contribution in [3.63, 3.8) is 0 Å². The zero-order valence-electron chi connectivity index (χ0n) is 42.1. The van der Waals surface area contributed by atoms with Gasteiger partial charge in [0.25, 0.3) is 0 Å². The highest BCUT2D eigenvalue weighted by Gasteiger charge is 2.29. The first kappa shape index (κ1) is 48.3. The number of pyridine rings is 2. The van der Waals surface area contributed by atoms with Gasteiger partial charge in [-0.25, -0.2) is 13.8 Å². The van der Waals surface area contributed by atoms with Gasteiger partial charge in [-0.15, -0.1) is 20.4 Å². The average Bonchev–Trinajstić information content (AvgIpc) is 4.33. The molecular weight excluding hydrogens is 969 g/mol. The molecule has 2 N–H and O–H groups in total. The molecule has 13 rings (SSSR count). The maximum absolute atomic E-state index is 14.5. The molecule has 76 heavy (non-hydrogen) atoms. The molecule has 9 heterocycles. The Balaban J connectivity index is 0.000000153. The monoisotopic (exact) mass is 1020 g/mol. The van der Waals surface area contributed by atoms with Crippen LogP contribution in [0.1, 0.15) is 66.1 Å². The lowest BCUT2D eigenvalue weighted by Crippen LogP contribution is -2.34. The van der Waals surface area contributed by atoms with Crippen LogP contribution in [0, 0.1) is 18.6 Å². The molecule has 0 aliphatic carbocycles. The van der Waals surface area contributed by atoms with E-state index in [1.165, 1.54) is 12.1 Å². The third-order valence-corrected chi connectivity index (χ3v) is 14.4. The Morgan fingerprint density at radius 3 is 1.71 bits per heavy atom. The first-order valence-corrected chi connectivity index (χ1v) is 25.3. The number of rotatable bonds is 12. The highest BCUT2D eigenvalue weighted by atomic mass is 19.1. The van der Waals surface area contributed by atoms with Crippen LogP contribution in [0.15, 0.2) is 131 Å². The van der Waals surface area contributed by atoms with E-state index in [2.05, 4.69) is 60.6 Å². The largest absolute Gasteiger partial charge is 0.496 e. The molecule has 0 bridgehead atoms. The number of halogens is 2. The molecule has 0 amide bonds. The van der Waals surface area contributed by atoms with Gasteiger partial charge < -0.3 is 22.7 Å². The molecule has 0 radical (unpaired) electrons. The summed E-state index contributed by atoms with van der Waals surface area (Å²) in [6.07, 6.45) is 11.3. The first-order valence-electron chi connectivity index (χ1n) is 25.3. The third-order valence-electron chi connectivity index (χ3n) is 14.4. The topological polar surface area (TPSA) is 190 Å². The lowest BCUT2D eigenvalue weighted by molar-refractivity contribution is 0.182. The number of H-pyrrole nitrogens is 2. The molecule has 19 heteroatoms. The van der Waals surface area contributed by atoms with E-state index >= 15 is 0 Å². The van der Waals surface area contributed by atoms with Crippen LogP contribution in [-0.2, 0) is 13.1 Å². The second-order valence-corrected chi connectivity index (χ2v) is 19.3. The highest BCUT2D eigenvalue weighted by Crippen LogP contribution is 2.36. The van der Waals surface area contributed by atoms with E-state index in [0.717, 1.165) is 106 Å². The highest BCUT2D eigenvalue weighted by molar-refractivity contribution is 5.96. The number of aromatic nitrogens is 11. The van der Waals surface area contributed by atoms with Gasteiger partial charge in [0.05, 0.1) is 37.1 Å². The van der Waals surface area contributed by atoms with Crippen molar-refractivity contribution >= 4 is 27.5 Å². The number of nitrogens with one attached hydrogen (secondary N) is 2. The molecule has 4 aromatic carbocycles. The fourth-order valence-corrected chi connectivity index (χ4v) is 10.5. The number of fused-ring (bicyclic) bond motifs is 3. The third kappa shape index (κ3) is 9.77. The lowest BCUT2D eigenvalue weighted by Gasteiger charge is -2.31. The molecular formula is C57H53F2N13O4. The van der Waals surface area contributed by atoms with Crippen LogP contribution in [0.4, 0.5) is 8.78 Å². The molecule has 384 valence electrons. The first-order chi connectivity index (χ1) is 37.2. The number of hydrogen-bond acceptors (Lipinski definition) is 14. The molecule has 2 fully saturated rings. The Morgan fingerprint density at radius 2 is 1.16 bits per heavy atom. The Bertz CT molecular complexity index is 3840. The Labute approximate surface area is 434 Å². The summed E-state index contributed by atoms with van der Waals surface area (Å²) in [5.74, 6) is 2.95. The van der Waals surface area contributed by atoms with E-state index in [-0.39, 0.29) is 23.5 Å². The number of benzene rings is 4. The molecule has 0 unspecified atom stereocenters. The predicted octanol–water partition coefficient (Wildman–Crippen LogP) is 11.0. The van der Waals surface area contributed by atoms with E-state index < -0.39 is 0 Å².